The summed E-state index contributed by atoms with van der Waals surface area (Å²) >= 11 is 6.22. The Morgan fingerprint density at radius 1 is 0.923 bits per heavy atom. The Balaban J connectivity index is 1.41. The van der Waals surface area contributed by atoms with Crippen molar-refractivity contribution >= 4 is 33.4 Å². The Kier molecular flexibility index (Phi) is 9.78. The highest BCUT2D eigenvalue weighted by Gasteiger charge is 2.28. The van der Waals surface area contributed by atoms with Gasteiger partial charge in [0.1, 0.15) is 6.04 Å². The van der Waals surface area contributed by atoms with E-state index in [4.69, 9.17) is 11.6 Å². The third-order valence-corrected chi connectivity index (χ3v) is 9.31. The number of benzene rings is 3. The lowest BCUT2D eigenvalue weighted by molar-refractivity contribution is -0.140. The summed E-state index contributed by atoms with van der Waals surface area (Å²) in [5, 5.41) is 3.47. The minimum atomic E-state index is -3.48. The summed E-state index contributed by atoms with van der Waals surface area (Å²) in [6, 6.07) is 22.9. The van der Waals surface area contributed by atoms with Gasteiger partial charge in [-0.05, 0) is 61.1 Å². The fourth-order valence-corrected chi connectivity index (χ4v) is 6.35. The third-order valence-electron chi connectivity index (χ3n) is 7.03. The molecule has 7 nitrogen and oxygen atoms in total. The van der Waals surface area contributed by atoms with Crippen molar-refractivity contribution in [1.82, 2.24) is 14.5 Å². The Labute approximate surface area is 235 Å². The van der Waals surface area contributed by atoms with Crippen molar-refractivity contribution in [3.8, 4) is 0 Å². The van der Waals surface area contributed by atoms with Gasteiger partial charge in [0.2, 0.25) is 21.8 Å². The topological polar surface area (TPSA) is 86.8 Å². The summed E-state index contributed by atoms with van der Waals surface area (Å²) in [5.74, 6) is -0.427. The zero-order valence-electron chi connectivity index (χ0n) is 22.1. The summed E-state index contributed by atoms with van der Waals surface area (Å²) in [6.45, 7) is 3.40. The molecule has 0 aliphatic carbocycles. The van der Waals surface area contributed by atoms with E-state index < -0.39 is 16.1 Å². The van der Waals surface area contributed by atoms with Crippen molar-refractivity contribution < 1.29 is 18.0 Å². The molecule has 0 saturated carbocycles. The number of aryl methyl sites for hydroxylation is 1. The summed E-state index contributed by atoms with van der Waals surface area (Å²) < 4.78 is 27.1. The Bertz CT molecular complexity index is 1370. The lowest BCUT2D eigenvalue weighted by Crippen LogP contribution is -2.47. The number of halogens is 1. The molecule has 39 heavy (non-hydrogen) atoms. The Hall–Kier alpha value is -3.20. The molecule has 206 valence electrons. The van der Waals surface area contributed by atoms with E-state index in [9.17, 15) is 18.0 Å². The van der Waals surface area contributed by atoms with Gasteiger partial charge >= 0.3 is 0 Å². The number of hydrogen-bond donors (Lipinski definition) is 1. The lowest BCUT2D eigenvalue weighted by atomic mass is 10.1. The van der Waals surface area contributed by atoms with Gasteiger partial charge < -0.3 is 10.2 Å². The highest BCUT2D eigenvalue weighted by molar-refractivity contribution is 7.89. The van der Waals surface area contributed by atoms with Crippen LogP contribution >= 0.6 is 11.6 Å². The van der Waals surface area contributed by atoms with Crippen LogP contribution in [0.4, 0.5) is 0 Å². The maximum atomic E-state index is 13.4. The van der Waals surface area contributed by atoms with Crippen molar-refractivity contribution in [2.45, 2.75) is 56.6 Å². The second kappa shape index (κ2) is 13.2. The van der Waals surface area contributed by atoms with E-state index in [-0.39, 0.29) is 29.7 Å². The SMILES string of the molecule is CC(C(=O)NCc1ccccc1Cl)N(Cc1ccccc1)C(=O)CCc1ccc(S(=O)(=O)N2CCCC2)cc1. The Morgan fingerprint density at radius 3 is 2.23 bits per heavy atom. The molecule has 1 fully saturated rings. The maximum Gasteiger partial charge on any atom is 0.243 e. The van der Waals surface area contributed by atoms with Crippen LogP contribution in [0.25, 0.3) is 0 Å². The van der Waals surface area contributed by atoms with Crippen molar-refractivity contribution in [3.63, 3.8) is 0 Å². The van der Waals surface area contributed by atoms with Crippen LogP contribution in [0.3, 0.4) is 0 Å². The highest BCUT2D eigenvalue weighted by Crippen LogP contribution is 2.22. The van der Waals surface area contributed by atoms with Crippen LogP contribution in [0.15, 0.2) is 83.8 Å². The third kappa shape index (κ3) is 7.47. The van der Waals surface area contributed by atoms with Gasteiger partial charge in [0.15, 0.2) is 0 Å². The molecule has 0 spiro atoms. The Morgan fingerprint density at radius 2 is 1.56 bits per heavy atom. The molecule has 0 bridgehead atoms. The van der Waals surface area contributed by atoms with E-state index in [0.29, 0.717) is 31.1 Å². The predicted octanol–water partition coefficient (Wildman–Crippen LogP) is 4.79. The fraction of sp³-hybridized carbons (Fsp3) is 0.333. The van der Waals surface area contributed by atoms with E-state index in [1.807, 2.05) is 48.5 Å². The zero-order chi connectivity index (χ0) is 27.8. The minimum absolute atomic E-state index is 0.159. The van der Waals surface area contributed by atoms with Crippen molar-refractivity contribution in [2.24, 2.45) is 0 Å². The van der Waals surface area contributed by atoms with Crippen LogP contribution in [0, 0.1) is 0 Å². The normalized spacial score (nSPS) is 14.6. The van der Waals surface area contributed by atoms with E-state index in [0.717, 1.165) is 29.5 Å². The van der Waals surface area contributed by atoms with Gasteiger partial charge in [0, 0.05) is 37.6 Å². The fourth-order valence-electron chi connectivity index (χ4n) is 4.64. The minimum Gasteiger partial charge on any atom is -0.350 e. The van der Waals surface area contributed by atoms with Crippen LogP contribution in [0.5, 0.6) is 0 Å². The van der Waals surface area contributed by atoms with Gasteiger partial charge in [0.25, 0.3) is 0 Å². The number of nitrogens with one attached hydrogen (secondary N) is 1. The van der Waals surface area contributed by atoms with Gasteiger partial charge in [-0.1, -0.05) is 72.3 Å². The average Bonchev–Trinajstić information content (AvgIpc) is 3.51. The molecule has 3 aromatic carbocycles. The number of hydrogen-bond acceptors (Lipinski definition) is 4. The van der Waals surface area contributed by atoms with Crippen LogP contribution in [0.1, 0.15) is 42.9 Å². The quantitative estimate of drug-likeness (QED) is 0.361. The number of amides is 2. The second-order valence-electron chi connectivity index (χ2n) is 9.75. The summed E-state index contributed by atoms with van der Waals surface area (Å²) in [5.41, 5.74) is 2.59. The standard InChI is InChI=1S/C30H34ClN3O4S/c1-23(30(36)32-21-26-11-5-6-12-28(26)31)34(22-25-9-3-2-4-10-25)29(35)18-15-24-13-16-27(17-14-24)39(37,38)33-19-7-8-20-33/h2-6,9-14,16-17,23H,7-8,15,18-22H2,1H3,(H,32,36). The smallest absolute Gasteiger partial charge is 0.243 e. The van der Waals surface area contributed by atoms with Crippen LogP contribution in [-0.4, -0.2) is 48.6 Å². The van der Waals surface area contributed by atoms with Crippen molar-refractivity contribution in [1.29, 1.82) is 0 Å². The molecule has 3 aromatic rings. The van der Waals surface area contributed by atoms with Crippen LogP contribution in [0.2, 0.25) is 5.02 Å². The molecule has 4 rings (SSSR count). The molecule has 1 aliphatic rings. The first kappa shape index (κ1) is 28.8. The van der Waals surface area contributed by atoms with Crippen LogP contribution in [-0.2, 0) is 39.1 Å². The number of carbonyl (C=O) groups excluding carboxylic acids is 2. The first-order valence-corrected chi connectivity index (χ1v) is 15.0. The first-order chi connectivity index (χ1) is 18.8. The van der Waals surface area contributed by atoms with Gasteiger partial charge in [-0.2, -0.15) is 4.31 Å². The molecule has 1 aliphatic heterocycles. The molecule has 0 aromatic heterocycles. The first-order valence-electron chi connectivity index (χ1n) is 13.2. The second-order valence-corrected chi connectivity index (χ2v) is 12.1. The average molecular weight is 568 g/mol. The molecule has 1 atom stereocenters. The molecular weight excluding hydrogens is 534 g/mol. The van der Waals surface area contributed by atoms with Gasteiger partial charge in [0.05, 0.1) is 4.90 Å². The molecule has 1 saturated heterocycles. The largest absolute Gasteiger partial charge is 0.350 e. The number of carbonyl (C=O) groups is 2. The number of rotatable bonds is 11. The van der Waals surface area contributed by atoms with Crippen molar-refractivity contribution in [3.05, 3.63) is 101 Å². The van der Waals surface area contributed by atoms with Gasteiger partial charge in [-0.3, -0.25) is 9.59 Å². The molecule has 2 amide bonds. The molecule has 0 radical (unpaired) electrons. The molecule has 1 unspecified atom stereocenters. The monoisotopic (exact) mass is 567 g/mol. The summed E-state index contributed by atoms with van der Waals surface area (Å²) in [6.07, 6.45) is 2.39. The highest BCUT2D eigenvalue weighted by atomic mass is 35.5. The van der Waals surface area contributed by atoms with E-state index >= 15 is 0 Å². The zero-order valence-corrected chi connectivity index (χ0v) is 23.6. The van der Waals surface area contributed by atoms with Crippen molar-refractivity contribution in [2.75, 3.05) is 13.1 Å². The molecule has 9 heteroatoms. The summed E-state index contributed by atoms with van der Waals surface area (Å²) in [7, 11) is -3.48. The lowest BCUT2D eigenvalue weighted by Gasteiger charge is -2.29. The van der Waals surface area contributed by atoms with Crippen LogP contribution < -0.4 is 5.32 Å². The number of nitrogens with zero attached hydrogens (tertiary/aromatic N) is 2. The molecule has 1 heterocycles. The van der Waals surface area contributed by atoms with E-state index in [2.05, 4.69) is 5.32 Å². The summed E-state index contributed by atoms with van der Waals surface area (Å²) in [4.78, 5) is 28.3. The molecular formula is C30H34ClN3O4S. The molecule has 1 N–H and O–H groups in total. The van der Waals surface area contributed by atoms with Gasteiger partial charge in [-0.15, -0.1) is 0 Å². The van der Waals surface area contributed by atoms with Gasteiger partial charge in [-0.25, -0.2) is 8.42 Å². The van der Waals surface area contributed by atoms with E-state index in [1.54, 1.807) is 42.2 Å². The predicted molar refractivity (Wildman–Crippen MR) is 153 cm³/mol. The number of sulfonamides is 1. The maximum absolute atomic E-state index is 13.4. The van der Waals surface area contributed by atoms with E-state index in [1.165, 1.54) is 4.31 Å².